The van der Waals surface area contributed by atoms with Gasteiger partial charge in [-0.25, -0.2) is 0 Å². The van der Waals surface area contributed by atoms with E-state index in [0.29, 0.717) is 0 Å². The number of alkyl halides is 6. The molecule has 4 nitrogen and oxygen atoms in total. The number of hydrogen-bond donors (Lipinski definition) is 1. The van der Waals surface area contributed by atoms with Crippen LogP contribution in [0.2, 0.25) is 0 Å². The molecule has 0 saturated carbocycles. The lowest BCUT2D eigenvalue weighted by molar-refractivity contribution is -0.227. The molecule has 0 fully saturated rings. The van der Waals surface area contributed by atoms with Gasteiger partial charge in [0.1, 0.15) is 0 Å². The first-order chi connectivity index (χ1) is 14.5. The fraction of sp³-hybridized carbons (Fsp3) is 0.429. The summed E-state index contributed by atoms with van der Waals surface area (Å²) >= 11 is 0. The molecular weight excluding hydrogens is 430 g/mol. The van der Waals surface area contributed by atoms with Crippen molar-refractivity contribution in [2.24, 2.45) is 0 Å². The smallest absolute Gasteiger partial charge is 0.382 e. The van der Waals surface area contributed by atoms with Crippen LogP contribution in [0.5, 0.6) is 0 Å². The highest BCUT2D eigenvalue weighted by Gasteiger charge is 2.40. The van der Waals surface area contributed by atoms with E-state index in [1.807, 2.05) is 6.07 Å². The van der Waals surface area contributed by atoms with E-state index < -0.39 is 37.8 Å². The van der Waals surface area contributed by atoms with Gasteiger partial charge in [0.15, 0.2) is 12.2 Å². The minimum Gasteiger partial charge on any atom is -0.382 e. The predicted octanol–water partition coefficient (Wildman–Crippen LogP) is 4.91. The third kappa shape index (κ3) is 11.7. The maximum Gasteiger partial charge on any atom is 0.416 e. The number of aliphatic hydroxyl groups is 1. The number of ether oxygens (including phenoxy) is 3. The van der Waals surface area contributed by atoms with Gasteiger partial charge in [-0.2, -0.15) is 26.3 Å². The lowest BCUT2D eigenvalue weighted by Gasteiger charge is -2.18. The summed E-state index contributed by atoms with van der Waals surface area (Å²) in [6.45, 7) is -1.02. The minimum absolute atomic E-state index is 0.0635. The van der Waals surface area contributed by atoms with Crippen molar-refractivity contribution < 1.29 is 45.7 Å². The molecule has 2 aromatic rings. The van der Waals surface area contributed by atoms with Crippen LogP contribution in [0.1, 0.15) is 11.1 Å². The van der Waals surface area contributed by atoms with E-state index in [-0.39, 0.29) is 13.2 Å². The van der Waals surface area contributed by atoms with Crippen LogP contribution in [0, 0.1) is 0 Å². The number of aliphatic hydroxyl groups excluding tert-OH is 1. The van der Waals surface area contributed by atoms with Gasteiger partial charge in [0.25, 0.3) is 0 Å². The van der Waals surface area contributed by atoms with Crippen LogP contribution in [0.3, 0.4) is 0 Å². The van der Waals surface area contributed by atoms with E-state index in [2.05, 4.69) is 4.74 Å². The molecule has 0 unspecified atom stereocenters. The quantitative estimate of drug-likeness (QED) is 0.548. The van der Waals surface area contributed by atoms with Crippen molar-refractivity contribution in [2.75, 3.05) is 20.3 Å². The second-order valence-electron chi connectivity index (χ2n) is 6.32. The number of methoxy groups -OCH3 is 1. The first-order valence-corrected chi connectivity index (χ1v) is 9.11. The summed E-state index contributed by atoms with van der Waals surface area (Å²) < 4.78 is 86.3. The van der Waals surface area contributed by atoms with E-state index in [1.54, 1.807) is 54.6 Å². The largest absolute Gasteiger partial charge is 0.416 e. The van der Waals surface area contributed by atoms with Crippen molar-refractivity contribution >= 4 is 0 Å². The summed E-state index contributed by atoms with van der Waals surface area (Å²) in [5.41, 5.74) is 1.60. The van der Waals surface area contributed by atoms with Gasteiger partial charge in [-0.05, 0) is 11.1 Å². The molecule has 2 atom stereocenters. The Hall–Kier alpha value is -2.14. The molecule has 0 aliphatic rings. The van der Waals surface area contributed by atoms with Gasteiger partial charge in [0, 0.05) is 7.11 Å². The summed E-state index contributed by atoms with van der Waals surface area (Å²) in [6.07, 6.45) is -13.3. The van der Waals surface area contributed by atoms with Crippen LogP contribution in [0.25, 0.3) is 0 Å². The second-order valence-corrected chi connectivity index (χ2v) is 6.32. The van der Waals surface area contributed by atoms with Crippen molar-refractivity contribution in [1.82, 2.24) is 0 Å². The minimum atomic E-state index is -4.61. The van der Waals surface area contributed by atoms with E-state index in [0.717, 1.165) is 18.2 Å². The molecule has 31 heavy (non-hydrogen) atoms. The summed E-state index contributed by atoms with van der Waals surface area (Å²) in [4.78, 5) is 0. The maximum absolute atomic E-state index is 12.2. The van der Waals surface area contributed by atoms with Crippen molar-refractivity contribution in [1.29, 1.82) is 0 Å². The number of rotatable bonds is 9. The molecule has 0 spiro atoms. The van der Waals surface area contributed by atoms with Gasteiger partial charge in [0.2, 0.25) is 0 Å². The average Bonchev–Trinajstić information content (AvgIpc) is 2.71. The second kappa shape index (κ2) is 13.3. The number of benzene rings is 2. The Kier molecular flexibility index (Phi) is 11.5. The average molecular weight is 454 g/mol. The summed E-state index contributed by atoms with van der Waals surface area (Å²) in [5, 5.41) is 8.61. The molecule has 0 heterocycles. The predicted molar refractivity (Wildman–Crippen MR) is 101 cm³/mol. The lowest BCUT2D eigenvalue weighted by Crippen LogP contribution is -2.34. The molecule has 0 aromatic heterocycles. The Labute approximate surface area is 176 Å². The Balaban J connectivity index is 0.000000311. The monoisotopic (exact) mass is 454 g/mol. The van der Waals surface area contributed by atoms with Gasteiger partial charge in [-0.1, -0.05) is 60.7 Å². The molecule has 10 heteroatoms. The van der Waals surface area contributed by atoms with Crippen molar-refractivity contribution in [3.05, 3.63) is 71.8 Å². The molecule has 1 N–H and O–H groups in total. The van der Waals surface area contributed by atoms with Crippen LogP contribution in [0.4, 0.5) is 26.3 Å². The van der Waals surface area contributed by atoms with Gasteiger partial charge >= 0.3 is 12.4 Å². The summed E-state index contributed by atoms with van der Waals surface area (Å²) in [7, 11) is 1.02. The van der Waals surface area contributed by atoms with Crippen LogP contribution >= 0.6 is 0 Å². The fourth-order valence-corrected chi connectivity index (χ4v) is 2.11. The van der Waals surface area contributed by atoms with Crippen LogP contribution in [0.15, 0.2) is 60.7 Å². The summed E-state index contributed by atoms with van der Waals surface area (Å²) in [6, 6.07) is 17.8. The normalized spacial score (nSPS) is 13.8. The molecule has 174 valence electrons. The third-order valence-corrected chi connectivity index (χ3v) is 3.80. The van der Waals surface area contributed by atoms with Gasteiger partial charge in [-0.3, -0.25) is 0 Å². The van der Waals surface area contributed by atoms with Crippen molar-refractivity contribution in [3.8, 4) is 0 Å². The zero-order chi connectivity index (χ0) is 23.3. The highest BCUT2D eigenvalue weighted by molar-refractivity contribution is 5.14. The molecule has 0 amide bonds. The molecule has 0 radical (unpaired) electrons. The Morgan fingerprint density at radius 1 is 0.710 bits per heavy atom. The van der Waals surface area contributed by atoms with Gasteiger partial charge in [0.05, 0.1) is 26.4 Å². The molecule has 2 rings (SSSR count). The van der Waals surface area contributed by atoms with Crippen LogP contribution in [-0.2, 0) is 27.4 Å². The maximum atomic E-state index is 12.2. The molecule has 2 aromatic carbocycles. The Morgan fingerprint density at radius 3 is 1.48 bits per heavy atom. The molecule has 0 aliphatic carbocycles. The first kappa shape index (κ1) is 26.9. The standard InChI is InChI=1S/C11H13F3O2.C10H11F3O2/c1-15-10(11(12,13)14)8-16-7-9-5-3-2-4-6-9;11-10(12,13)9(14)7-15-6-8-4-2-1-3-5-8/h2-6,10H,7-8H2,1H3;1-5,9,14H,6-7H2/t10-;9-/m11/s1. The van der Waals surface area contributed by atoms with E-state index in [1.165, 1.54) is 0 Å². The summed E-state index contributed by atoms with van der Waals surface area (Å²) in [5.74, 6) is 0. The topological polar surface area (TPSA) is 47.9 Å². The molecule has 0 aliphatic heterocycles. The Morgan fingerprint density at radius 2 is 1.13 bits per heavy atom. The van der Waals surface area contributed by atoms with Crippen molar-refractivity contribution in [3.63, 3.8) is 0 Å². The zero-order valence-electron chi connectivity index (χ0n) is 16.7. The van der Waals surface area contributed by atoms with Crippen molar-refractivity contribution in [2.45, 2.75) is 37.8 Å². The van der Waals surface area contributed by atoms with E-state index in [4.69, 9.17) is 14.6 Å². The number of halogens is 6. The van der Waals surface area contributed by atoms with E-state index in [9.17, 15) is 26.3 Å². The van der Waals surface area contributed by atoms with E-state index >= 15 is 0 Å². The Bertz CT molecular complexity index is 707. The van der Waals surface area contributed by atoms with Crippen LogP contribution < -0.4 is 0 Å². The molecule has 0 saturated heterocycles. The first-order valence-electron chi connectivity index (χ1n) is 9.11. The van der Waals surface area contributed by atoms with Gasteiger partial charge in [-0.15, -0.1) is 0 Å². The fourth-order valence-electron chi connectivity index (χ4n) is 2.11. The highest BCUT2D eigenvalue weighted by Crippen LogP contribution is 2.23. The lowest BCUT2D eigenvalue weighted by atomic mass is 10.2. The third-order valence-electron chi connectivity index (χ3n) is 3.80. The SMILES string of the molecule is CO[C@H](COCc1ccccc1)C(F)(F)F.O[C@H](COCc1ccccc1)C(F)(F)F. The number of hydrogen-bond acceptors (Lipinski definition) is 4. The van der Waals surface area contributed by atoms with Gasteiger partial charge < -0.3 is 19.3 Å². The highest BCUT2D eigenvalue weighted by atomic mass is 19.4. The van der Waals surface area contributed by atoms with Crippen LogP contribution in [-0.4, -0.2) is 50.0 Å². The zero-order valence-corrected chi connectivity index (χ0v) is 16.7. The molecular formula is C21H24F6O4. The molecule has 0 bridgehead atoms.